The number of rotatable bonds is 7. The number of ether oxygens (including phenoxy) is 2. The van der Waals surface area contributed by atoms with Crippen LogP contribution in [0, 0.1) is 0 Å². The summed E-state index contributed by atoms with van der Waals surface area (Å²) < 4.78 is 10.0. The topological polar surface area (TPSA) is 64.6 Å². The Balaban J connectivity index is 1.80. The van der Waals surface area contributed by atoms with Crippen molar-refractivity contribution >= 4 is 23.6 Å². The second kappa shape index (κ2) is 9.27. The third-order valence-corrected chi connectivity index (χ3v) is 3.50. The van der Waals surface area contributed by atoms with E-state index in [1.807, 2.05) is 42.5 Å². The summed E-state index contributed by atoms with van der Waals surface area (Å²) in [5, 5.41) is 2.68. The average Bonchev–Trinajstić information content (AvgIpc) is 2.65. The Morgan fingerprint density at radius 1 is 1.12 bits per heavy atom. The number of amides is 1. The van der Waals surface area contributed by atoms with Crippen molar-refractivity contribution in [2.24, 2.45) is 0 Å². The number of hydrogen-bond acceptors (Lipinski definition) is 4. The molecular formula is C20H21NO4. The van der Waals surface area contributed by atoms with Gasteiger partial charge < -0.3 is 14.8 Å². The number of anilines is 1. The van der Waals surface area contributed by atoms with E-state index in [2.05, 4.69) is 12.2 Å². The molecule has 1 amide bonds. The predicted octanol–water partition coefficient (Wildman–Crippen LogP) is 3.45. The SMILES string of the molecule is CCc1ccc(NC(=O)COC(=O)C=Cc2cccc(OC)c2)cc1. The summed E-state index contributed by atoms with van der Waals surface area (Å²) in [5.41, 5.74) is 2.66. The van der Waals surface area contributed by atoms with E-state index < -0.39 is 5.97 Å². The first-order valence-electron chi connectivity index (χ1n) is 7.98. The van der Waals surface area contributed by atoms with Gasteiger partial charge in [0.05, 0.1) is 7.11 Å². The Morgan fingerprint density at radius 3 is 2.56 bits per heavy atom. The van der Waals surface area contributed by atoms with E-state index in [9.17, 15) is 9.59 Å². The van der Waals surface area contributed by atoms with Gasteiger partial charge in [0.25, 0.3) is 5.91 Å². The minimum absolute atomic E-state index is 0.336. The van der Waals surface area contributed by atoms with E-state index in [0.717, 1.165) is 12.0 Å². The molecule has 2 aromatic carbocycles. The van der Waals surface area contributed by atoms with Crippen LogP contribution in [-0.2, 0) is 20.7 Å². The number of nitrogens with one attached hydrogen (secondary N) is 1. The van der Waals surface area contributed by atoms with Gasteiger partial charge in [0.15, 0.2) is 6.61 Å². The molecule has 0 saturated heterocycles. The van der Waals surface area contributed by atoms with Crippen LogP contribution in [0.25, 0.3) is 6.08 Å². The zero-order valence-corrected chi connectivity index (χ0v) is 14.3. The second-order valence-corrected chi connectivity index (χ2v) is 5.32. The summed E-state index contributed by atoms with van der Waals surface area (Å²) >= 11 is 0. The van der Waals surface area contributed by atoms with Crippen molar-refractivity contribution in [3.8, 4) is 5.75 Å². The lowest BCUT2D eigenvalue weighted by molar-refractivity contribution is -0.142. The van der Waals surface area contributed by atoms with Gasteiger partial charge in [-0.3, -0.25) is 4.79 Å². The summed E-state index contributed by atoms with van der Waals surface area (Å²) in [6.45, 7) is 1.73. The first-order chi connectivity index (χ1) is 12.1. The lowest BCUT2D eigenvalue weighted by atomic mass is 10.1. The van der Waals surface area contributed by atoms with E-state index >= 15 is 0 Å². The number of methoxy groups -OCH3 is 1. The Kier molecular flexibility index (Phi) is 6.77. The number of carbonyl (C=O) groups excluding carboxylic acids is 2. The highest BCUT2D eigenvalue weighted by molar-refractivity contribution is 5.94. The van der Waals surface area contributed by atoms with Crippen molar-refractivity contribution in [3.63, 3.8) is 0 Å². The van der Waals surface area contributed by atoms with Crippen molar-refractivity contribution < 1.29 is 19.1 Å². The Hall–Kier alpha value is -3.08. The highest BCUT2D eigenvalue weighted by Gasteiger charge is 2.05. The van der Waals surface area contributed by atoms with Crippen molar-refractivity contribution in [3.05, 3.63) is 65.7 Å². The zero-order chi connectivity index (χ0) is 18.1. The van der Waals surface area contributed by atoms with Gasteiger partial charge in [0, 0.05) is 11.8 Å². The molecule has 130 valence electrons. The Labute approximate surface area is 147 Å². The molecule has 0 bridgehead atoms. The van der Waals surface area contributed by atoms with Gasteiger partial charge in [-0.05, 0) is 47.9 Å². The molecule has 0 aliphatic heterocycles. The lowest BCUT2D eigenvalue weighted by Crippen LogP contribution is -2.20. The van der Waals surface area contributed by atoms with Crippen molar-refractivity contribution in [2.75, 3.05) is 19.0 Å². The second-order valence-electron chi connectivity index (χ2n) is 5.32. The smallest absolute Gasteiger partial charge is 0.331 e. The van der Waals surface area contributed by atoms with Gasteiger partial charge in [0.2, 0.25) is 0 Å². The fourth-order valence-electron chi connectivity index (χ4n) is 2.12. The normalized spacial score (nSPS) is 10.5. The Bertz CT molecular complexity index is 751. The molecule has 5 nitrogen and oxygen atoms in total. The van der Waals surface area contributed by atoms with E-state index in [4.69, 9.17) is 9.47 Å². The van der Waals surface area contributed by atoms with Gasteiger partial charge in [-0.1, -0.05) is 31.2 Å². The van der Waals surface area contributed by atoms with E-state index in [0.29, 0.717) is 11.4 Å². The summed E-state index contributed by atoms with van der Waals surface area (Å²) in [6, 6.07) is 14.8. The lowest BCUT2D eigenvalue weighted by Gasteiger charge is -2.06. The fourth-order valence-corrected chi connectivity index (χ4v) is 2.12. The molecule has 0 aromatic heterocycles. The monoisotopic (exact) mass is 339 g/mol. The highest BCUT2D eigenvalue weighted by Crippen LogP contribution is 2.13. The van der Waals surface area contributed by atoms with Crippen LogP contribution in [0.2, 0.25) is 0 Å². The van der Waals surface area contributed by atoms with Crippen LogP contribution >= 0.6 is 0 Å². The minimum atomic E-state index is -0.584. The van der Waals surface area contributed by atoms with E-state index in [-0.39, 0.29) is 12.5 Å². The molecule has 0 aliphatic carbocycles. The molecule has 2 aromatic rings. The predicted molar refractivity (Wildman–Crippen MR) is 97.4 cm³/mol. The highest BCUT2D eigenvalue weighted by atomic mass is 16.5. The van der Waals surface area contributed by atoms with Gasteiger partial charge in [-0.25, -0.2) is 4.79 Å². The maximum Gasteiger partial charge on any atom is 0.331 e. The first kappa shape index (κ1) is 18.3. The third-order valence-electron chi connectivity index (χ3n) is 3.50. The standard InChI is InChI=1S/C20H21NO4/c1-3-15-7-10-17(11-8-15)21-19(22)14-25-20(23)12-9-16-5-4-6-18(13-16)24-2/h4-13H,3,14H2,1-2H3,(H,21,22). The van der Waals surface area contributed by atoms with Crippen molar-refractivity contribution in [1.82, 2.24) is 0 Å². The molecule has 25 heavy (non-hydrogen) atoms. The van der Waals surface area contributed by atoms with E-state index in [1.165, 1.54) is 11.6 Å². The summed E-state index contributed by atoms with van der Waals surface area (Å²) in [6.07, 6.45) is 3.82. The zero-order valence-electron chi connectivity index (χ0n) is 14.3. The maximum absolute atomic E-state index is 11.8. The third kappa shape index (κ3) is 6.14. The largest absolute Gasteiger partial charge is 0.497 e. The van der Waals surface area contributed by atoms with Gasteiger partial charge >= 0.3 is 5.97 Å². The molecule has 5 heteroatoms. The van der Waals surface area contributed by atoms with Gasteiger partial charge in [0.1, 0.15) is 5.75 Å². The number of benzene rings is 2. The van der Waals surface area contributed by atoms with Crippen LogP contribution in [0.4, 0.5) is 5.69 Å². The molecule has 0 aliphatic rings. The molecular weight excluding hydrogens is 318 g/mol. The van der Waals surface area contributed by atoms with Crippen molar-refractivity contribution in [2.45, 2.75) is 13.3 Å². The van der Waals surface area contributed by atoms with Crippen LogP contribution in [0.15, 0.2) is 54.6 Å². The van der Waals surface area contributed by atoms with Crippen molar-refractivity contribution in [1.29, 1.82) is 0 Å². The number of hydrogen-bond donors (Lipinski definition) is 1. The summed E-state index contributed by atoms with van der Waals surface area (Å²) in [7, 11) is 1.57. The van der Waals surface area contributed by atoms with Crippen LogP contribution in [0.3, 0.4) is 0 Å². The molecule has 0 saturated carbocycles. The van der Waals surface area contributed by atoms with Crippen LogP contribution < -0.4 is 10.1 Å². The number of carbonyl (C=O) groups is 2. The average molecular weight is 339 g/mol. The molecule has 1 N–H and O–H groups in total. The van der Waals surface area contributed by atoms with Crippen LogP contribution in [0.1, 0.15) is 18.1 Å². The molecule has 0 unspecified atom stereocenters. The molecule has 0 spiro atoms. The number of aryl methyl sites for hydroxylation is 1. The molecule has 0 radical (unpaired) electrons. The summed E-state index contributed by atoms with van der Waals surface area (Å²) in [5.74, 6) is -0.268. The molecule has 0 heterocycles. The maximum atomic E-state index is 11.8. The van der Waals surface area contributed by atoms with Gasteiger partial charge in [-0.15, -0.1) is 0 Å². The summed E-state index contributed by atoms with van der Waals surface area (Å²) in [4.78, 5) is 23.5. The Morgan fingerprint density at radius 2 is 1.88 bits per heavy atom. The minimum Gasteiger partial charge on any atom is -0.497 e. The van der Waals surface area contributed by atoms with Crippen LogP contribution in [0.5, 0.6) is 5.75 Å². The quantitative estimate of drug-likeness (QED) is 0.620. The molecule has 0 atom stereocenters. The van der Waals surface area contributed by atoms with E-state index in [1.54, 1.807) is 19.3 Å². The molecule has 2 rings (SSSR count). The first-order valence-corrected chi connectivity index (χ1v) is 7.98. The fraction of sp³-hybridized carbons (Fsp3) is 0.200. The van der Waals surface area contributed by atoms with Crippen LogP contribution in [-0.4, -0.2) is 25.6 Å². The number of esters is 1. The van der Waals surface area contributed by atoms with Gasteiger partial charge in [-0.2, -0.15) is 0 Å². The molecule has 0 fully saturated rings.